The first kappa shape index (κ1) is 17.2. The smallest absolute Gasteiger partial charge is 0.259 e. The van der Waals surface area contributed by atoms with Crippen molar-refractivity contribution in [3.8, 4) is 0 Å². The molecule has 0 aromatic carbocycles. The Morgan fingerprint density at radius 1 is 1.21 bits per heavy atom. The summed E-state index contributed by atoms with van der Waals surface area (Å²) in [5, 5.41) is 10.7. The molecule has 0 bridgehead atoms. The zero-order valence-corrected chi connectivity index (χ0v) is 17.5. The fourth-order valence-corrected chi connectivity index (χ4v) is 6.56. The van der Waals surface area contributed by atoms with Crippen molar-refractivity contribution >= 4 is 33.3 Å². The highest BCUT2D eigenvalue weighted by Crippen LogP contribution is 2.46. The normalized spacial score (nSPS) is 22.0. The lowest BCUT2D eigenvalue weighted by molar-refractivity contribution is 0.509. The van der Waals surface area contributed by atoms with Crippen molar-refractivity contribution in [3.63, 3.8) is 0 Å². The number of hydrogen-bond acceptors (Lipinski definition) is 6. The van der Waals surface area contributed by atoms with Crippen LogP contribution in [0.15, 0.2) is 9.95 Å². The Bertz CT molecular complexity index is 1120. The Balaban J connectivity index is 1.29. The van der Waals surface area contributed by atoms with Gasteiger partial charge in [0.1, 0.15) is 16.5 Å². The van der Waals surface area contributed by atoms with Gasteiger partial charge in [-0.3, -0.25) is 4.79 Å². The van der Waals surface area contributed by atoms with Crippen molar-refractivity contribution in [3.05, 3.63) is 32.4 Å². The summed E-state index contributed by atoms with van der Waals surface area (Å²) in [5.74, 6) is 3.84. The van der Waals surface area contributed by atoms with Crippen LogP contribution in [0.5, 0.6) is 0 Å². The lowest BCUT2D eigenvalue weighted by Gasteiger charge is -2.17. The average molecular weight is 414 g/mol. The van der Waals surface area contributed by atoms with Crippen LogP contribution < -0.4 is 5.56 Å². The molecule has 2 saturated carbocycles. The third kappa shape index (κ3) is 2.92. The summed E-state index contributed by atoms with van der Waals surface area (Å²) >= 11 is 3.36. The predicted molar refractivity (Wildman–Crippen MR) is 111 cm³/mol. The molecule has 146 valence electrons. The number of hydrogen-bond donors (Lipinski definition) is 1. The summed E-state index contributed by atoms with van der Waals surface area (Å²) in [5.41, 5.74) is 1.27. The van der Waals surface area contributed by atoms with Gasteiger partial charge in [0.15, 0.2) is 5.16 Å². The van der Waals surface area contributed by atoms with Gasteiger partial charge in [0.05, 0.1) is 11.1 Å². The number of thiophene rings is 1. The SMILES string of the molecule is C[C@H]1CCc2c(sc3nc(CSc4nnc(C5CC5)n4C4CC4)[nH]c(=O)c23)C1. The number of thioether (sulfide) groups is 1. The monoisotopic (exact) mass is 413 g/mol. The number of aromatic amines is 1. The maximum Gasteiger partial charge on any atom is 0.259 e. The van der Waals surface area contributed by atoms with Crippen molar-refractivity contribution in [2.24, 2.45) is 5.92 Å². The molecule has 3 aliphatic carbocycles. The summed E-state index contributed by atoms with van der Waals surface area (Å²) in [7, 11) is 0. The van der Waals surface area contributed by atoms with Gasteiger partial charge < -0.3 is 9.55 Å². The van der Waals surface area contributed by atoms with Gasteiger partial charge in [-0.2, -0.15) is 0 Å². The standard InChI is InChI=1S/C20H23N5OS2/c1-10-2-7-13-14(8-10)28-19-16(13)18(26)21-15(22-19)9-27-20-24-23-17(11-3-4-11)25(20)12-5-6-12/h10-12H,2-9H2,1H3,(H,21,22,26)/t10-/m0/s1. The van der Waals surface area contributed by atoms with E-state index in [-0.39, 0.29) is 5.56 Å². The minimum atomic E-state index is 0.0231. The molecule has 3 aromatic heterocycles. The molecule has 3 aliphatic rings. The molecule has 0 unspecified atom stereocenters. The Morgan fingerprint density at radius 2 is 2.07 bits per heavy atom. The minimum Gasteiger partial charge on any atom is -0.309 e. The number of nitrogens with one attached hydrogen (secondary N) is 1. The zero-order valence-electron chi connectivity index (χ0n) is 15.9. The number of aromatic nitrogens is 5. The molecule has 6 nitrogen and oxygen atoms in total. The van der Waals surface area contributed by atoms with E-state index in [1.807, 2.05) is 0 Å². The summed E-state index contributed by atoms with van der Waals surface area (Å²) in [6.07, 6.45) is 8.18. The molecule has 0 spiro atoms. The van der Waals surface area contributed by atoms with Crippen LogP contribution in [0.1, 0.15) is 73.1 Å². The van der Waals surface area contributed by atoms with E-state index in [1.165, 1.54) is 41.9 Å². The second kappa shape index (κ2) is 6.42. The summed E-state index contributed by atoms with van der Waals surface area (Å²) < 4.78 is 2.35. The van der Waals surface area contributed by atoms with Gasteiger partial charge in [-0.1, -0.05) is 18.7 Å². The third-order valence-corrected chi connectivity index (χ3v) is 8.20. The van der Waals surface area contributed by atoms with Crippen LogP contribution in [-0.2, 0) is 18.6 Å². The molecule has 3 heterocycles. The molecule has 1 atom stereocenters. The van der Waals surface area contributed by atoms with Crippen molar-refractivity contribution in [2.75, 3.05) is 0 Å². The summed E-state index contributed by atoms with van der Waals surface area (Å²) in [6, 6.07) is 0.577. The summed E-state index contributed by atoms with van der Waals surface area (Å²) in [6.45, 7) is 2.29. The number of rotatable bonds is 5. The van der Waals surface area contributed by atoms with Gasteiger partial charge in [0.2, 0.25) is 0 Å². The molecule has 2 fully saturated rings. The van der Waals surface area contributed by atoms with Crippen LogP contribution >= 0.6 is 23.1 Å². The van der Waals surface area contributed by atoms with Crippen LogP contribution in [-0.4, -0.2) is 24.7 Å². The lowest BCUT2D eigenvalue weighted by Crippen LogP contribution is -2.14. The molecule has 8 heteroatoms. The van der Waals surface area contributed by atoms with Crippen LogP contribution in [0, 0.1) is 5.92 Å². The molecule has 0 amide bonds. The Hall–Kier alpha value is -1.67. The average Bonchev–Trinajstić information content (AvgIpc) is 3.60. The van der Waals surface area contributed by atoms with Crippen LogP contribution in [0.2, 0.25) is 0 Å². The van der Waals surface area contributed by atoms with E-state index in [1.54, 1.807) is 23.1 Å². The second-order valence-electron chi connectivity index (χ2n) is 8.55. The van der Waals surface area contributed by atoms with Gasteiger partial charge in [0.25, 0.3) is 5.56 Å². The Kier molecular flexibility index (Phi) is 3.95. The molecular formula is C20H23N5OS2. The van der Waals surface area contributed by atoms with E-state index in [0.29, 0.717) is 23.6 Å². The lowest BCUT2D eigenvalue weighted by atomic mass is 9.89. The van der Waals surface area contributed by atoms with E-state index in [9.17, 15) is 4.79 Å². The fourth-order valence-electron chi connectivity index (χ4n) is 4.28. The van der Waals surface area contributed by atoms with E-state index >= 15 is 0 Å². The number of nitrogens with zero attached hydrogens (tertiary/aromatic N) is 4. The van der Waals surface area contributed by atoms with Gasteiger partial charge in [-0.25, -0.2) is 4.98 Å². The maximum atomic E-state index is 12.8. The molecule has 6 rings (SSSR count). The number of aryl methyl sites for hydroxylation is 1. The number of H-pyrrole nitrogens is 1. The molecule has 1 N–H and O–H groups in total. The first-order valence-electron chi connectivity index (χ1n) is 10.3. The highest BCUT2D eigenvalue weighted by Gasteiger charge is 2.36. The minimum absolute atomic E-state index is 0.0231. The van der Waals surface area contributed by atoms with Gasteiger partial charge in [0, 0.05) is 16.8 Å². The molecule has 0 aliphatic heterocycles. The first-order valence-corrected chi connectivity index (χ1v) is 12.1. The van der Waals surface area contributed by atoms with Gasteiger partial charge in [-0.15, -0.1) is 21.5 Å². The van der Waals surface area contributed by atoms with Crippen molar-refractivity contribution in [1.82, 2.24) is 24.7 Å². The van der Waals surface area contributed by atoms with Crippen molar-refractivity contribution in [2.45, 2.75) is 74.7 Å². The van der Waals surface area contributed by atoms with Crippen LogP contribution in [0.25, 0.3) is 10.2 Å². The van der Waals surface area contributed by atoms with Crippen molar-refractivity contribution < 1.29 is 0 Å². The Labute approximate surface area is 171 Å². The van der Waals surface area contributed by atoms with E-state index in [4.69, 9.17) is 4.98 Å². The van der Waals surface area contributed by atoms with Gasteiger partial charge in [-0.05, 0) is 56.4 Å². The predicted octanol–water partition coefficient (Wildman–Crippen LogP) is 4.21. The summed E-state index contributed by atoms with van der Waals surface area (Å²) in [4.78, 5) is 22.9. The highest BCUT2D eigenvalue weighted by atomic mass is 32.2. The van der Waals surface area contributed by atoms with E-state index in [0.717, 1.165) is 40.5 Å². The largest absolute Gasteiger partial charge is 0.309 e. The highest BCUT2D eigenvalue weighted by molar-refractivity contribution is 7.98. The van der Waals surface area contributed by atoms with Crippen molar-refractivity contribution in [1.29, 1.82) is 0 Å². The number of fused-ring (bicyclic) bond motifs is 3. The molecule has 3 aromatic rings. The topological polar surface area (TPSA) is 76.5 Å². The van der Waals surface area contributed by atoms with Crippen LogP contribution in [0.4, 0.5) is 0 Å². The van der Waals surface area contributed by atoms with Crippen LogP contribution in [0.3, 0.4) is 0 Å². The maximum absolute atomic E-state index is 12.8. The second-order valence-corrected chi connectivity index (χ2v) is 10.6. The zero-order chi connectivity index (χ0) is 18.8. The van der Waals surface area contributed by atoms with Gasteiger partial charge >= 0.3 is 0 Å². The molecule has 0 saturated heterocycles. The Morgan fingerprint density at radius 3 is 2.86 bits per heavy atom. The first-order chi connectivity index (χ1) is 13.7. The quantitative estimate of drug-likeness (QED) is 0.634. The van der Waals surface area contributed by atoms with E-state index in [2.05, 4.69) is 26.7 Å². The fraction of sp³-hybridized carbons (Fsp3) is 0.600. The molecule has 28 heavy (non-hydrogen) atoms. The van der Waals surface area contributed by atoms with E-state index < -0.39 is 0 Å². The molecular weight excluding hydrogens is 390 g/mol. The molecule has 0 radical (unpaired) electrons. The third-order valence-electron chi connectivity index (χ3n) is 6.10.